The second-order valence-corrected chi connectivity index (χ2v) is 5.81. The van der Waals surface area contributed by atoms with Crippen molar-refractivity contribution in [1.82, 2.24) is 0 Å². The molecule has 18 heavy (non-hydrogen) atoms. The van der Waals surface area contributed by atoms with E-state index in [1.165, 1.54) is 12.1 Å². The molecule has 0 saturated carbocycles. The molecule has 0 aliphatic heterocycles. The van der Waals surface area contributed by atoms with Crippen LogP contribution in [0.15, 0.2) is 40.9 Å². The summed E-state index contributed by atoms with van der Waals surface area (Å²) in [5.74, 6) is -0.316. The van der Waals surface area contributed by atoms with Gasteiger partial charge in [-0.3, -0.25) is 0 Å². The Morgan fingerprint density at radius 3 is 2.33 bits per heavy atom. The third-order valence-corrected chi connectivity index (χ3v) is 4.38. The summed E-state index contributed by atoms with van der Waals surface area (Å²) in [5.41, 5.74) is 1.58. The number of hydrogen-bond donors (Lipinski definition) is 0. The minimum atomic E-state index is -0.422. The Morgan fingerprint density at radius 1 is 1.00 bits per heavy atom. The molecule has 0 amide bonds. The first kappa shape index (κ1) is 14.1. The molecular weight excluding hydrogens is 361 g/mol. The molecule has 0 radical (unpaired) electrons. The SMILES string of the molecule is Fc1ccc(C(Cl)c2ccc(Cl)c(Cl)c2)c(Br)c1. The van der Waals surface area contributed by atoms with Crippen molar-refractivity contribution in [2.45, 2.75) is 5.38 Å². The molecule has 0 nitrogen and oxygen atoms in total. The van der Waals surface area contributed by atoms with Crippen molar-refractivity contribution in [2.24, 2.45) is 0 Å². The first-order valence-electron chi connectivity index (χ1n) is 5.03. The summed E-state index contributed by atoms with van der Waals surface area (Å²) in [5, 5.41) is 0.496. The Morgan fingerprint density at radius 2 is 1.72 bits per heavy atom. The van der Waals surface area contributed by atoms with E-state index in [0.29, 0.717) is 14.5 Å². The third kappa shape index (κ3) is 3.00. The zero-order valence-electron chi connectivity index (χ0n) is 8.93. The lowest BCUT2D eigenvalue weighted by Crippen LogP contribution is -1.95. The number of alkyl halides is 1. The molecule has 0 spiro atoms. The van der Waals surface area contributed by atoms with E-state index in [-0.39, 0.29) is 5.82 Å². The van der Waals surface area contributed by atoms with Crippen LogP contribution in [0.1, 0.15) is 16.5 Å². The maximum atomic E-state index is 13.0. The fraction of sp³-hybridized carbons (Fsp3) is 0.0769. The predicted molar refractivity (Wildman–Crippen MR) is 78.3 cm³/mol. The van der Waals surface area contributed by atoms with Gasteiger partial charge in [-0.15, -0.1) is 11.6 Å². The minimum absolute atomic E-state index is 0.316. The van der Waals surface area contributed by atoms with Gasteiger partial charge in [0.25, 0.3) is 0 Å². The van der Waals surface area contributed by atoms with Gasteiger partial charge in [-0.1, -0.05) is 51.3 Å². The van der Waals surface area contributed by atoms with E-state index < -0.39 is 5.38 Å². The van der Waals surface area contributed by atoms with Crippen LogP contribution in [0.2, 0.25) is 10.0 Å². The number of benzene rings is 2. The minimum Gasteiger partial charge on any atom is -0.207 e. The van der Waals surface area contributed by atoms with Gasteiger partial charge in [0.05, 0.1) is 15.4 Å². The summed E-state index contributed by atoms with van der Waals surface area (Å²) < 4.78 is 13.6. The lowest BCUT2D eigenvalue weighted by atomic mass is 10.0. The van der Waals surface area contributed by atoms with Gasteiger partial charge in [-0.25, -0.2) is 4.39 Å². The van der Waals surface area contributed by atoms with Crippen molar-refractivity contribution in [1.29, 1.82) is 0 Å². The first-order valence-corrected chi connectivity index (χ1v) is 7.01. The Bertz CT molecular complexity index is 586. The van der Waals surface area contributed by atoms with Crippen LogP contribution in [0.3, 0.4) is 0 Å². The van der Waals surface area contributed by atoms with E-state index >= 15 is 0 Å². The number of rotatable bonds is 2. The maximum Gasteiger partial charge on any atom is 0.124 e. The smallest absolute Gasteiger partial charge is 0.124 e. The van der Waals surface area contributed by atoms with Crippen LogP contribution >= 0.6 is 50.7 Å². The van der Waals surface area contributed by atoms with Crippen molar-refractivity contribution in [2.75, 3.05) is 0 Å². The highest BCUT2D eigenvalue weighted by molar-refractivity contribution is 9.10. The molecule has 1 unspecified atom stereocenters. The fourth-order valence-electron chi connectivity index (χ4n) is 1.56. The second kappa shape index (κ2) is 5.79. The van der Waals surface area contributed by atoms with E-state index in [0.717, 1.165) is 11.1 Å². The maximum absolute atomic E-state index is 13.0. The molecule has 5 heteroatoms. The van der Waals surface area contributed by atoms with Crippen molar-refractivity contribution in [3.63, 3.8) is 0 Å². The van der Waals surface area contributed by atoms with Crippen molar-refractivity contribution >= 4 is 50.7 Å². The number of hydrogen-bond acceptors (Lipinski definition) is 0. The molecule has 0 heterocycles. The van der Waals surface area contributed by atoms with E-state index in [4.69, 9.17) is 34.8 Å². The van der Waals surface area contributed by atoms with Crippen LogP contribution in [-0.2, 0) is 0 Å². The normalized spacial score (nSPS) is 12.5. The summed E-state index contributed by atoms with van der Waals surface area (Å²) in [4.78, 5) is 0. The van der Waals surface area contributed by atoms with Crippen LogP contribution in [0.4, 0.5) is 4.39 Å². The lowest BCUT2D eigenvalue weighted by Gasteiger charge is -2.13. The highest BCUT2D eigenvalue weighted by Crippen LogP contribution is 2.36. The standard InChI is InChI=1S/C13H7BrCl3F/c14-10-6-8(18)2-3-9(10)13(17)7-1-4-11(15)12(16)5-7/h1-6,13H. The van der Waals surface area contributed by atoms with Crippen molar-refractivity contribution in [3.8, 4) is 0 Å². The van der Waals surface area contributed by atoms with Gasteiger partial charge in [0.15, 0.2) is 0 Å². The molecule has 2 aromatic carbocycles. The molecule has 0 fully saturated rings. The van der Waals surface area contributed by atoms with Crippen LogP contribution in [0, 0.1) is 5.82 Å². The second-order valence-electron chi connectivity index (χ2n) is 3.70. The molecule has 1 atom stereocenters. The molecule has 2 rings (SSSR count). The summed E-state index contributed by atoms with van der Waals surface area (Å²) in [6.45, 7) is 0. The molecule has 2 aromatic rings. The van der Waals surface area contributed by atoms with Gasteiger partial charge in [0.2, 0.25) is 0 Å². The molecule has 0 saturated heterocycles. The van der Waals surface area contributed by atoms with Gasteiger partial charge in [-0.2, -0.15) is 0 Å². The van der Waals surface area contributed by atoms with Crippen LogP contribution < -0.4 is 0 Å². The Balaban J connectivity index is 2.41. The van der Waals surface area contributed by atoms with E-state index in [2.05, 4.69) is 15.9 Å². The molecule has 0 aliphatic carbocycles. The number of halogens is 5. The van der Waals surface area contributed by atoms with Gasteiger partial charge in [0, 0.05) is 4.47 Å². The van der Waals surface area contributed by atoms with E-state index in [1.54, 1.807) is 24.3 Å². The lowest BCUT2D eigenvalue weighted by molar-refractivity contribution is 0.626. The fourth-order valence-corrected chi connectivity index (χ4v) is 2.90. The third-order valence-electron chi connectivity index (χ3n) is 2.47. The summed E-state index contributed by atoms with van der Waals surface area (Å²) in [7, 11) is 0. The zero-order valence-corrected chi connectivity index (χ0v) is 12.8. The Kier molecular flexibility index (Phi) is 4.54. The highest BCUT2D eigenvalue weighted by Gasteiger charge is 2.15. The van der Waals surface area contributed by atoms with Crippen LogP contribution in [0.25, 0.3) is 0 Å². The molecule has 0 N–H and O–H groups in total. The van der Waals surface area contributed by atoms with Crippen LogP contribution in [0.5, 0.6) is 0 Å². The Labute approximate surface area is 128 Å². The van der Waals surface area contributed by atoms with E-state index in [9.17, 15) is 4.39 Å². The summed E-state index contributed by atoms with van der Waals surface area (Å²) in [6, 6.07) is 9.57. The molecule has 0 aromatic heterocycles. The predicted octanol–water partition coefficient (Wildman–Crippen LogP) is 6.22. The van der Waals surface area contributed by atoms with Gasteiger partial charge >= 0.3 is 0 Å². The highest BCUT2D eigenvalue weighted by atomic mass is 79.9. The largest absolute Gasteiger partial charge is 0.207 e. The van der Waals surface area contributed by atoms with E-state index in [1.807, 2.05) is 0 Å². The summed E-state index contributed by atoms with van der Waals surface area (Å²) in [6.07, 6.45) is 0. The topological polar surface area (TPSA) is 0 Å². The molecular formula is C13H7BrCl3F. The van der Waals surface area contributed by atoms with Crippen LogP contribution in [-0.4, -0.2) is 0 Å². The van der Waals surface area contributed by atoms with Crippen molar-refractivity contribution < 1.29 is 4.39 Å². The molecule has 0 aliphatic rings. The molecule has 0 bridgehead atoms. The summed E-state index contributed by atoms with van der Waals surface area (Å²) >= 11 is 21.5. The quantitative estimate of drug-likeness (QED) is 0.552. The first-order chi connectivity index (χ1) is 8.49. The monoisotopic (exact) mass is 366 g/mol. The van der Waals surface area contributed by atoms with Gasteiger partial charge in [-0.05, 0) is 35.4 Å². The average molecular weight is 368 g/mol. The molecule has 94 valence electrons. The Hall–Kier alpha value is -0.280. The average Bonchev–Trinajstić information content (AvgIpc) is 2.32. The van der Waals surface area contributed by atoms with Gasteiger partial charge in [0.1, 0.15) is 5.82 Å². The zero-order chi connectivity index (χ0) is 13.3. The van der Waals surface area contributed by atoms with Crippen molar-refractivity contribution in [3.05, 3.63) is 67.9 Å². The van der Waals surface area contributed by atoms with Gasteiger partial charge < -0.3 is 0 Å².